The van der Waals surface area contributed by atoms with E-state index in [0.717, 1.165) is 31.4 Å². The zero-order valence-electron chi connectivity index (χ0n) is 11.8. The van der Waals surface area contributed by atoms with Crippen molar-refractivity contribution in [3.63, 3.8) is 0 Å². The molecule has 0 spiro atoms. The normalized spacial score (nSPS) is 22.7. The number of benzene rings is 1. The van der Waals surface area contributed by atoms with Gasteiger partial charge in [-0.2, -0.15) is 0 Å². The van der Waals surface area contributed by atoms with Gasteiger partial charge in [-0.25, -0.2) is 21.9 Å². The number of sulfonamides is 1. The summed E-state index contributed by atoms with van der Waals surface area (Å²) in [6, 6.07) is 1.74. The molecule has 2 atom stereocenters. The Balaban J connectivity index is 2.17. The van der Waals surface area contributed by atoms with Crippen molar-refractivity contribution in [1.29, 1.82) is 0 Å². The lowest BCUT2D eigenvalue weighted by atomic mass is 10.1. The molecule has 2 unspecified atom stereocenters. The van der Waals surface area contributed by atoms with Gasteiger partial charge in [0.05, 0.1) is 6.61 Å². The minimum absolute atomic E-state index is 0.0174. The molecule has 21 heavy (non-hydrogen) atoms. The number of hydrogen-bond donors (Lipinski definition) is 2. The first-order valence-electron chi connectivity index (χ1n) is 6.92. The second-order valence-corrected chi connectivity index (χ2v) is 7.42. The average Bonchev–Trinajstić information content (AvgIpc) is 2.85. The van der Waals surface area contributed by atoms with Gasteiger partial charge in [0.15, 0.2) is 11.6 Å². The summed E-state index contributed by atoms with van der Waals surface area (Å²) in [6.07, 6.45) is 2.91. The van der Waals surface area contributed by atoms with Crippen LogP contribution < -0.4 is 4.72 Å². The second kappa shape index (κ2) is 6.37. The van der Waals surface area contributed by atoms with Crippen molar-refractivity contribution in [2.75, 3.05) is 6.54 Å². The summed E-state index contributed by atoms with van der Waals surface area (Å²) < 4.78 is 53.6. The fraction of sp³-hybridized carbons (Fsp3) is 0.571. The monoisotopic (exact) mass is 319 g/mol. The quantitative estimate of drug-likeness (QED) is 0.874. The molecule has 118 valence electrons. The number of hydrogen-bond acceptors (Lipinski definition) is 3. The molecule has 1 aromatic carbocycles. The van der Waals surface area contributed by atoms with Gasteiger partial charge >= 0.3 is 0 Å². The summed E-state index contributed by atoms with van der Waals surface area (Å²) in [6.45, 7) is 1.77. The minimum atomic E-state index is -4.13. The van der Waals surface area contributed by atoms with Crippen LogP contribution in [-0.2, 0) is 16.6 Å². The number of halogens is 2. The summed E-state index contributed by atoms with van der Waals surface area (Å²) in [5.74, 6) is -1.91. The maximum Gasteiger partial charge on any atom is 0.243 e. The summed E-state index contributed by atoms with van der Waals surface area (Å²) in [5.41, 5.74) is 0.0174. The van der Waals surface area contributed by atoms with Crippen LogP contribution in [0.4, 0.5) is 8.78 Å². The van der Waals surface area contributed by atoms with Crippen molar-refractivity contribution in [3.8, 4) is 0 Å². The van der Waals surface area contributed by atoms with E-state index in [1.165, 1.54) is 0 Å². The van der Waals surface area contributed by atoms with E-state index < -0.39 is 33.2 Å². The Labute approximate surface area is 123 Å². The van der Waals surface area contributed by atoms with E-state index in [-0.39, 0.29) is 18.0 Å². The fourth-order valence-electron chi connectivity index (χ4n) is 2.72. The van der Waals surface area contributed by atoms with Crippen LogP contribution in [0.2, 0.25) is 0 Å². The zero-order chi connectivity index (χ0) is 15.6. The molecule has 1 saturated carbocycles. The van der Waals surface area contributed by atoms with Gasteiger partial charge in [0.25, 0.3) is 0 Å². The molecule has 2 N–H and O–H groups in total. The first-order chi connectivity index (χ1) is 9.83. The molecule has 0 amide bonds. The van der Waals surface area contributed by atoms with Crippen molar-refractivity contribution in [2.24, 2.45) is 11.8 Å². The number of aliphatic hydroxyl groups is 1. The Morgan fingerprint density at radius 2 is 2.05 bits per heavy atom. The number of aliphatic hydroxyl groups excluding tert-OH is 1. The first kappa shape index (κ1) is 16.3. The molecule has 1 aromatic rings. The van der Waals surface area contributed by atoms with Gasteiger partial charge < -0.3 is 5.11 Å². The molecule has 0 bridgehead atoms. The average molecular weight is 319 g/mol. The van der Waals surface area contributed by atoms with Gasteiger partial charge in [0.1, 0.15) is 4.90 Å². The van der Waals surface area contributed by atoms with E-state index in [1.54, 1.807) is 0 Å². The van der Waals surface area contributed by atoms with Gasteiger partial charge in [-0.15, -0.1) is 0 Å². The molecule has 1 aliphatic carbocycles. The second-order valence-electron chi connectivity index (χ2n) is 5.68. The van der Waals surface area contributed by atoms with Crippen LogP contribution in [0.1, 0.15) is 31.7 Å². The molecule has 1 fully saturated rings. The third-order valence-corrected chi connectivity index (χ3v) is 5.31. The lowest BCUT2D eigenvalue weighted by Gasteiger charge is -2.13. The van der Waals surface area contributed by atoms with E-state index in [2.05, 4.69) is 11.6 Å². The molecule has 0 heterocycles. The third kappa shape index (κ3) is 3.78. The first-order valence-corrected chi connectivity index (χ1v) is 8.40. The predicted octanol–water partition coefficient (Wildman–Crippen LogP) is 2.17. The van der Waals surface area contributed by atoms with Crippen LogP contribution in [0, 0.1) is 23.5 Å². The van der Waals surface area contributed by atoms with Crippen molar-refractivity contribution in [3.05, 3.63) is 29.3 Å². The van der Waals surface area contributed by atoms with Crippen LogP contribution >= 0.6 is 0 Å². The van der Waals surface area contributed by atoms with Crippen LogP contribution in [0.25, 0.3) is 0 Å². The largest absolute Gasteiger partial charge is 0.392 e. The van der Waals surface area contributed by atoms with E-state index >= 15 is 0 Å². The Morgan fingerprint density at radius 3 is 2.62 bits per heavy atom. The lowest BCUT2D eigenvalue weighted by molar-refractivity contribution is 0.280. The molecule has 0 aromatic heterocycles. The van der Waals surface area contributed by atoms with Gasteiger partial charge in [-0.3, -0.25) is 0 Å². The highest BCUT2D eigenvalue weighted by atomic mass is 32.2. The van der Waals surface area contributed by atoms with Crippen molar-refractivity contribution < 1.29 is 22.3 Å². The van der Waals surface area contributed by atoms with Gasteiger partial charge in [0.2, 0.25) is 10.0 Å². The zero-order valence-corrected chi connectivity index (χ0v) is 12.6. The van der Waals surface area contributed by atoms with Crippen LogP contribution in [0.15, 0.2) is 17.0 Å². The Bertz CT molecular complexity index is 619. The van der Waals surface area contributed by atoms with Crippen LogP contribution in [0.3, 0.4) is 0 Å². The summed E-state index contributed by atoms with van der Waals surface area (Å²) in [5, 5.41) is 8.97. The minimum Gasteiger partial charge on any atom is -0.392 e. The van der Waals surface area contributed by atoms with Crippen molar-refractivity contribution in [2.45, 2.75) is 37.7 Å². The van der Waals surface area contributed by atoms with E-state index in [1.807, 2.05) is 0 Å². The number of nitrogens with one attached hydrogen (secondary N) is 1. The van der Waals surface area contributed by atoms with Gasteiger partial charge in [-0.05, 0) is 42.4 Å². The molecule has 7 heteroatoms. The van der Waals surface area contributed by atoms with E-state index in [0.29, 0.717) is 5.92 Å². The Kier molecular flexibility index (Phi) is 4.95. The fourth-order valence-corrected chi connectivity index (χ4v) is 3.97. The molecule has 0 radical (unpaired) electrons. The topological polar surface area (TPSA) is 66.4 Å². The molecule has 2 rings (SSSR count). The summed E-state index contributed by atoms with van der Waals surface area (Å²) >= 11 is 0. The highest BCUT2D eigenvalue weighted by Crippen LogP contribution is 2.30. The Hall–Kier alpha value is -1.05. The van der Waals surface area contributed by atoms with Crippen molar-refractivity contribution >= 4 is 10.0 Å². The molecule has 1 aliphatic rings. The maximum absolute atomic E-state index is 13.7. The number of rotatable bonds is 5. The van der Waals surface area contributed by atoms with Gasteiger partial charge in [-0.1, -0.05) is 13.3 Å². The highest BCUT2D eigenvalue weighted by Gasteiger charge is 2.26. The predicted molar refractivity (Wildman–Crippen MR) is 74.0 cm³/mol. The smallest absolute Gasteiger partial charge is 0.243 e. The van der Waals surface area contributed by atoms with Crippen LogP contribution in [0.5, 0.6) is 0 Å². The molecular weight excluding hydrogens is 300 g/mol. The van der Waals surface area contributed by atoms with Crippen LogP contribution in [-0.4, -0.2) is 20.1 Å². The Morgan fingerprint density at radius 1 is 1.33 bits per heavy atom. The molecule has 0 saturated heterocycles. The standard InChI is InChI=1S/C14H19F2NO3S/c1-9-2-3-10(4-9)7-17-21(19,20)13-6-11(8-18)5-12(15)14(13)16/h5-6,9-10,17-18H,2-4,7-8H2,1H3. The van der Waals surface area contributed by atoms with Crippen molar-refractivity contribution in [1.82, 2.24) is 4.72 Å². The maximum atomic E-state index is 13.7. The van der Waals surface area contributed by atoms with E-state index in [9.17, 15) is 17.2 Å². The van der Waals surface area contributed by atoms with E-state index in [4.69, 9.17) is 5.11 Å². The molecule has 0 aliphatic heterocycles. The van der Waals surface area contributed by atoms with Gasteiger partial charge in [0, 0.05) is 6.54 Å². The molecule has 4 nitrogen and oxygen atoms in total. The summed E-state index contributed by atoms with van der Waals surface area (Å²) in [7, 11) is -4.13. The third-order valence-electron chi connectivity index (χ3n) is 3.89. The SMILES string of the molecule is CC1CCC(CNS(=O)(=O)c2cc(CO)cc(F)c2F)C1. The highest BCUT2D eigenvalue weighted by molar-refractivity contribution is 7.89. The summed E-state index contributed by atoms with van der Waals surface area (Å²) in [4.78, 5) is -0.752. The molecular formula is C14H19F2NO3S. The lowest BCUT2D eigenvalue weighted by Crippen LogP contribution is -2.29.